The SMILES string of the molecule is NC1=NC(c2ccccc2)=CC(=C2C=CC=C2)N1. The van der Waals surface area contributed by atoms with E-state index < -0.39 is 0 Å². The van der Waals surface area contributed by atoms with Gasteiger partial charge in [-0.2, -0.15) is 0 Å². The van der Waals surface area contributed by atoms with Crippen LogP contribution in [0.2, 0.25) is 0 Å². The summed E-state index contributed by atoms with van der Waals surface area (Å²) in [5.41, 5.74) is 9.87. The average Bonchev–Trinajstić information content (AvgIpc) is 2.93. The van der Waals surface area contributed by atoms with E-state index in [1.165, 1.54) is 0 Å². The van der Waals surface area contributed by atoms with Crippen molar-refractivity contribution in [2.75, 3.05) is 0 Å². The smallest absolute Gasteiger partial charge is 0.198 e. The van der Waals surface area contributed by atoms with E-state index in [9.17, 15) is 0 Å². The molecule has 2 aliphatic rings. The number of allylic oxidation sites excluding steroid dienone is 6. The molecule has 1 aromatic rings. The summed E-state index contributed by atoms with van der Waals surface area (Å²) in [4.78, 5) is 4.34. The zero-order chi connectivity index (χ0) is 12.4. The average molecular weight is 235 g/mol. The molecule has 0 unspecified atom stereocenters. The first-order valence-corrected chi connectivity index (χ1v) is 5.80. The number of aliphatic imine (C=N–C) groups is 1. The van der Waals surface area contributed by atoms with Crippen molar-refractivity contribution >= 4 is 11.7 Å². The summed E-state index contributed by atoms with van der Waals surface area (Å²) < 4.78 is 0. The molecule has 3 nitrogen and oxygen atoms in total. The highest BCUT2D eigenvalue weighted by Gasteiger charge is 2.12. The highest BCUT2D eigenvalue weighted by atomic mass is 15.1. The third-order valence-corrected chi connectivity index (χ3v) is 2.83. The molecule has 0 aromatic heterocycles. The standard InChI is InChI=1S/C15H13N3/c16-15-17-13(11-6-2-1-3-7-11)10-14(18-15)12-8-4-5-9-12/h1-10H,(H3,16,17,18). The van der Waals surface area contributed by atoms with Crippen LogP contribution >= 0.6 is 0 Å². The van der Waals surface area contributed by atoms with E-state index in [0.29, 0.717) is 5.96 Å². The molecule has 0 saturated heterocycles. The van der Waals surface area contributed by atoms with Crippen LogP contribution in [0.5, 0.6) is 0 Å². The molecule has 1 heterocycles. The van der Waals surface area contributed by atoms with Crippen molar-refractivity contribution in [2.45, 2.75) is 0 Å². The predicted octanol–water partition coefficient (Wildman–Crippen LogP) is 2.33. The van der Waals surface area contributed by atoms with Crippen LogP contribution in [0, 0.1) is 0 Å². The Labute approximate surface area is 106 Å². The van der Waals surface area contributed by atoms with Crippen LogP contribution in [-0.4, -0.2) is 5.96 Å². The van der Waals surface area contributed by atoms with Gasteiger partial charge in [0.1, 0.15) is 0 Å². The summed E-state index contributed by atoms with van der Waals surface area (Å²) in [5.74, 6) is 0.424. The fourth-order valence-corrected chi connectivity index (χ4v) is 1.97. The van der Waals surface area contributed by atoms with Gasteiger partial charge in [-0.05, 0) is 11.6 Å². The maximum absolute atomic E-state index is 5.84. The van der Waals surface area contributed by atoms with Crippen molar-refractivity contribution in [2.24, 2.45) is 10.7 Å². The summed E-state index contributed by atoms with van der Waals surface area (Å²) >= 11 is 0. The first kappa shape index (κ1) is 10.6. The molecule has 0 atom stereocenters. The summed E-state index contributed by atoms with van der Waals surface area (Å²) in [6, 6.07) is 10.0. The number of benzene rings is 1. The van der Waals surface area contributed by atoms with E-state index in [1.807, 2.05) is 60.7 Å². The van der Waals surface area contributed by atoms with Crippen LogP contribution in [0.3, 0.4) is 0 Å². The molecule has 1 aliphatic carbocycles. The van der Waals surface area contributed by atoms with Crippen molar-refractivity contribution in [1.82, 2.24) is 5.32 Å². The lowest BCUT2D eigenvalue weighted by Gasteiger charge is -2.16. The van der Waals surface area contributed by atoms with Gasteiger partial charge in [-0.3, -0.25) is 0 Å². The quantitative estimate of drug-likeness (QED) is 0.785. The number of guanidine groups is 1. The molecule has 18 heavy (non-hydrogen) atoms. The minimum absolute atomic E-state index is 0.424. The van der Waals surface area contributed by atoms with Gasteiger partial charge in [-0.15, -0.1) is 0 Å². The molecule has 0 radical (unpaired) electrons. The Morgan fingerprint density at radius 1 is 1.00 bits per heavy atom. The number of nitrogens with zero attached hydrogens (tertiary/aromatic N) is 1. The molecule has 0 amide bonds. The van der Waals surface area contributed by atoms with Crippen molar-refractivity contribution in [1.29, 1.82) is 0 Å². The Balaban J connectivity index is 2.06. The number of nitrogens with one attached hydrogen (secondary N) is 1. The van der Waals surface area contributed by atoms with Gasteiger partial charge < -0.3 is 11.1 Å². The van der Waals surface area contributed by atoms with Crippen LogP contribution < -0.4 is 11.1 Å². The van der Waals surface area contributed by atoms with E-state index in [4.69, 9.17) is 5.73 Å². The van der Waals surface area contributed by atoms with Gasteiger partial charge in [0.25, 0.3) is 0 Å². The summed E-state index contributed by atoms with van der Waals surface area (Å²) in [6.07, 6.45) is 10.1. The Hall–Kier alpha value is -2.55. The minimum atomic E-state index is 0.424. The number of rotatable bonds is 1. The minimum Gasteiger partial charge on any atom is -0.369 e. The highest BCUT2D eigenvalue weighted by Crippen LogP contribution is 2.23. The van der Waals surface area contributed by atoms with Crippen LogP contribution in [0.4, 0.5) is 0 Å². The lowest BCUT2D eigenvalue weighted by Crippen LogP contribution is -2.33. The van der Waals surface area contributed by atoms with Crippen LogP contribution in [0.15, 0.2) is 77.0 Å². The second-order valence-electron chi connectivity index (χ2n) is 4.10. The first-order valence-electron chi connectivity index (χ1n) is 5.80. The molecule has 3 N–H and O–H groups in total. The van der Waals surface area contributed by atoms with E-state index in [0.717, 1.165) is 22.5 Å². The molecule has 0 spiro atoms. The molecular formula is C15H13N3. The first-order chi connectivity index (χ1) is 8.83. The second-order valence-corrected chi connectivity index (χ2v) is 4.10. The van der Waals surface area contributed by atoms with Gasteiger partial charge in [-0.1, -0.05) is 54.6 Å². The summed E-state index contributed by atoms with van der Waals surface area (Å²) in [7, 11) is 0. The summed E-state index contributed by atoms with van der Waals surface area (Å²) in [6.45, 7) is 0. The molecule has 1 aromatic carbocycles. The maximum atomic E-state index is 5.84. The third kappa shape index (κ3) is 1.98. The Bertz CT molecular complexity index is 602. The van der Waals surface area contributed by atoms with E-state index >= 15 is 0 Å². The maximum Gasteiger partial charge on any atom is 0.198 e. The lowest BCUT2D eigenvalue weighted by molar-refractivity contribution is 1.10. The van der Waals surface area contributed by atoms with Crippen LogP contribution in [0.25, 0.3) is 5.70 Å². The Morgan fingerprint density at radius 3 is 2.44 bits per heavy atom. The van der Waals surface area contributed by atoms with Crippen molar-refractivity contribution in [3.05, 3.63) is 77.5 Å². The van der Waals surface area contributed by atoms with Gasteiger partial charge in [0.05, 0.1) is 11.4 Å². The van der Waals surface area contributed by atoms with E-state index in [2.05, 4.69) is 10.3 Å². The van der Waals surface area contributed by atoms with E-state index in [1.54, 1.807) is 0 Å². The number of nitrogens with two attached hydrogens (primary N) is 1. The van der Waals surface area contributed by atoms with Crippen molar-refractivity contribution in [3.63, 3.8) is 0 Å². The monoisotopic (exact) mass is 235 g/mol. The molecule has 3 heteroatoms. The topological polar surface area (TPSA) is 50.4 Å². The fourth-order valence-electron chi connectivity index (χ4n) is 1.97. The fraction of sp³-hybridized carbons (Fsp3) is 0. The molecule has 1 aliphatic heterocycles. The predicted molar refractivity (Wildman–Crippen MR) is 74.5 cm³/mol. The van der Waals surface area contributed by atoms with Gasteiger partial charge in [-0.25, -0.2) is 4.99 Å². The molecule has 3 rings (SSSR count). The molecule has 0 bridgehead atoms. The van der Waals surface area contributed by atoms with Crippen LogP contribution in [0.1, 0.15) is 5.56 Å². The van der Waals surface area contributed by atoms with Gasteiger partial charge in [0.15, 0.2) is 5.96 Å². The number of hydrogen-bond acceptors (Lipinski definition) is 3. The second kappa shape index (κ2) is 4.37. The lowest BCUT2D eigenvalue weighted by atomic mass is 10.1. The zero-order valence-electron chi connectivity index (χ0n) is 9.80. The Kier molecular flexibility index (Phi) is 2.57. The zero-order valence-corrected chi connectivity index (χ0v) is 9.80. The van der Waals surface area contributed by atoms with Crippen molar-refractivity contribution < 1.29 is 0 Å². The molecule has 0 saturated carbocycles. The third-order valence-electron chi connectivity index (χ3n) is 2.83. The highest BCUT2D eigenvalue weighted by molar-refractivity contribution is 5.90. The van der Waals surface area contributed by atoms with Gasteiger partial charge >= 0.3 is 0 Å². The van der Waals surface area contributed by atoms with Crippen molar-refractivity contribution in [3.8, 4) is 0 Å². The Morgan fingerprint density at radius 2 is 1.72 bits per heavy atom. The summed E-state index contributed by atoms with van der Waals surface area (Å²) in [5, 5.41) is 3.09. The normalized spacial score (nSPS) is 17.6. The molecule has 0 fully saturated rings. The van der Waals surface area contributed by atoms with Gasteiger partial charge in [0.2, 0.25) is 0 Å². The number of hydrogen-bond donors (Lipinski definition) is 2. The molecule has 88 valence electrons. The molecular weight excluding hydrogens is 222 g/mol. The largest absolute Gasteiger partial charge is 0.369 e. The van der Waals surface area contributed by atoms with Crippen LogP contribution in [-0.2, 0) is 0 Å². The van der Waals surface area contributed by atoms with E-state index in [-0.39, 0.29) is 0 Å². The van der Waals surface area contributed by atoms with Gasteiger partial charge in [0, 0.05) is 5.56 Å².